The van der Waals surface area contributed by atoms with Gasteiger partial charge in [-0.15, -0.1) is 0 Å². The fraction of sp³-hybridized carbons (Fsp3) is 0.182. The van der Waals surface area contributed by atoms with Crippen LogP contribution in [-0.2, 0) is 4.74 Å². The summed E-state index contributed by atoms with van der Waals surface area (Å²) in [5.74, 6) is -0.0421. The number of methoxy groups -OCH3 is 1. The molecule has 0 radical (unpaired) electrons. The first kappa shape index (κ1) is 14.8. The smallest absolute Gasteiger partial charge is 0.371 e. The maximum atomic E-state index is 11.1. The molecule has 19 heavy (non-hydrogen) atoms. The van der Waals surface area contributed by atoms with Crippen molar-refractivity contribution in [3.8, 4) is 0 Å². The zero-order chi connectivity index (χ0) is 14.3. The average molecular weight is 282 g/mol. The summed E-state index contributed by atoms with van der Waals surface area (Å²) in [6.07, 6.45) is 0. The number of carbonyl (C=O) groups excluding carboxylic acids is 2. The summed E-state index contributed by atoms with van der Waals surface area (Å²) in [4.78, 5) is 26.8. The molecule has 1 rings (SSSR count). The number of thioether (sulfide) groups is 1. The van der Waals surface area contributed by atoms with Gasteiger partial charge in [0.2, 0.25) is 5.96 Å². The second kappa shape index (κ2) is 7.27. The molecule has 1 aromatic carbocycles. The number of urea groups is 1. The maximum Gasteiger partial charge on any atom is 0.371 e. The Balaban J connectivity index is 2.78. The fourth-order valence-electron chi connectivity index (χ4n) is 1.10. The van der Waals surface area contributed by atoms with Crippen molar-refractivity contribution in [2.24, 2.45) is 10.7 Å². The van der Waals surface area contributed by atoms with Gasteiger partial charge in [0.1, 0.15) is 0 Å². The van der Waals surface area contributed by atoms with Crippen LogP contribution in [0, 0.1) is 0 Å². The van der Waals surface area contributed by atoms with Crippen LogP contribution in [0.2, 0.25) is 0 Å². The van der Waals surface area contributed by atoms with Gasteiger partial charge in [-0.1, -0.05) is 6.07 Å². The lowest BCUT2D eigenvalue weighted by Crippen LogP contribution is -2.41. The number of carbonyl (C=O) groups is 2. The van der Waals surface area contributed by atoms with Crippen LogP contribution in [0.4, 0.5) is 15.3 Å². The highest BCUT2D eigenvalue weighted by molar-refractivity contribution is 8.13. The second-order valence-electron chi connectivity index (χ2n) is 3.25. The number of nitrogens with two attached hydrogens (primary N) is 1. The van der Waals surface area contributed by atoms with Gasteiger partial charge in [0.25, 0.3) is 0 Å². The molecule has 0 spiro atoms. The number of rotatable bonds is 2. The molecule has 0 unspecified atom stereocenters. The molecule has 0 aliphatic carbocycles. The molecule has 4 N–H and O–H groups in total. The van der Waals surface area contributed by atoms with Gasteiger partial charge in [0, 0.05) is 11.9 Å². The molecule has 0 atom stereocenters. The van der Waals surface area contributed by atoms with E-state index in [1.54, 1.807) is 24.3 Å². The van der Waals surface area contributed by atoms with Crippen LogP contribution in [0.3, 0.4) is 0 Å². The lowest BCUT2D eigenvalue weighted by molar-refractivity contribution is 0.200. The van der Waals surface area contributed by atoms with Crippen LogP contribution in [0.1, 0.15) is 0 Å². The molecule has 1 aromatic rings. The highest BCUT2D eigenvalue weighted by Crippen LogP contribution is 2.24. The van der Waals surface area contributed by atoms with E-state index in [2.05, 4.69) is 20.4 Å². The topological polar surface area (TPSA) is 106 Å². The van der Waals surface area contributed by atoms with E-state index in [-0.39, 0.29) is 5.96 Å². The molecule has 0 heterocycles. The minimum absolute atomic E-state index is 0.0421. The number of guanidine groups is 1. The van der Waals surface area contributed by atoms with E-state index in [1.807, 2.05) is 0 Å². The van der Waals surface area contributed by atoms with E-state index in [0.717, 1.165) is 11.8 Å². The summed E-state index contributed by atoms with van der Waals surface area (Å²) in [5.41, 5.74) is 6.06. The standard InChI is InChI=1S/C11H14N4O3S/c1-13-10(16)15-9(12)14-7-4-3-5-8(6-7)19-11(17)18-2/h3-6H,1-2H3,(H4,12,13,14,15,16). The summed E-state index contributed by atoms with van der Waals surface area (Å²) in [7, 11) is 2.78. The predicted molar refractivity (Wildman–Crippen MR) is 73.6 cm³/mol. The fourth-order valence-corrected chi connectivity index (χ4v) is 1.70. The Morgan fingerprint density at radius 2 is 2.16 bits per heavy atom. The Morgan fingerprint density at radius 1 is 1.42 bits per heavy atom. The average Bonchev–Trinajstić information content (AvgIpc) is 2.38. The summed E-state index contributed by atoms with van der Waals surface area (Å²) < 4.78 is 4.54. The van der Waals surface area contributed by atoms with E-state index in [1.165, 1.54) is 14.2 Å². The number of ether oxygens (including phenoxy) is 1. The SMILES string of the molecule is CNC(=O)NC(N)=Nc1cccc(SC(=O)OC)c1. The van der Waals surface area contributed by atoms with Crippen LogP contribution < -0.4 is 16.4 Å². The predicted octanol–water partition coefficient (Wildman–Crippen LogP) is 1.42. The van der Waals surface area contributed by atoms with Crippen molar-refractivity contribution in [3.63, 3.8) is 0 Å². The summed E-state index contributed by atoms with van der Waals surface area (Å²) >= 11 is 0.932. The molecule has 0 fully saturated rings. The quantitative estimate of drug-likeness (QED) is 0.329. The van der Waals surface area contributed by atoms with Crippen molar-refractivity contribution in [1.29, 1.82) is 0 Å². The molecule has 102 valence electrons. The van der Waals surface area contributed by atoms with Gasteiger partial charge < -0.3 is 15.8 Å². The third-order valence-electron chi connectivity index (χ3n) is 1.90. The largest absolute Gasteiger partial charge is 0.461 e. The molecule has 7 nitrogen and oxygen atoms in total. The minimum Gasteiger partial charge on any atom is -0.461 e. The van der Waals surface area contributed by atoms with Crippen LogP contribution in [0.15, 0.2) is 34.2 Å². The monoisotopic (exact) mass is 282 g/mol. The van der Waals surface area contributed by atoms with Gasteiger partial charge in [-0.25, -0.2) is 14.6 Å². The lowest BCUT2D eigenvalue weighted by Gasteiger charge is -2.04. The zero-order valence-corrected chi connectivity index (χ0v) is 11.3. The number of nitrogens with zero attached hydrogens (tertiary/aromatic N) is 1. The van der Waals surface area contributed by atoms with Crippen molar-refractivity contribution in [2.75, 3.05) is 14.2 Å². The molecule has 8 heteroatoms. The van der Waals surface area contributed by atoms with Crippen molar-refractivity contribution in [2.45, 2.75) is 4.90 Å². The van der Waals surface area contributed by atoms with E-state index in [0.29, 0.717) is 10.6 Å². The van der Waals surface area contributed by atoms with Gasteiger partial charge in [0.05, 0.1) is 12.8 Å². The molecule has 0 aliphatic rings. The van der Waals surface area contributed by atoms with Crippen LogP contribution in [-0.4, -0.2) is 31.4 Å². The van der Waals surface area contributed by atoms with Crippen molar-refractivity contribution < 1.29 is 14.3 Å². The number of nitrogens with one attached hydrogen (secondary N) is 2. The van der Waals surface area contributed by atoms with Gasteiger partial charge in [0.15, 0.2) is 0 Å². The molecule has 0 aliphatic heterocycles. The summed E-state index contributed by atoms with van der Waals surface area (Å²) in [5, 5.41) is 4.26. The molecule has 0 aromatic heterocycles. The molecule has 2 amide bonds. The zero-order valence-electron chi connectivity index (χ0n) is 10.5. The first-order chi connectivity index (χ1) is 9.05. The first-order valence-corrected chi connectivity index (χ1v) is 6.05. The summed E-state index contributed by atoms with van der Waals surface area (Å²) in [6, 6.07) is 6.35. The molecule has 0 saturated carbocycles. The Hall–Kier alpha value is -2.22. The Bertz CT molecular complexity index is 504. The van der Waals surface area contributed by atoms with Crippen LogP contribution in [0.5, 0.6) is 0 Å². The normalized spacial score (nSPS) is 10.7. The number of aliphatic imine (C=N–C) groups is 1. The van der Waals surface area contributed by atoms with E-state index in [4.69, 9.17) is 5.73 Å². The third kappa shape index (κ3) is 5.30. The Labute approximate surface area is 114 Å². The highest BCUT2D eigenvalue weighted by atomic mass is 32.2. The van der Waals surface area contributed by atoms with E-state index in [9.17, 15) is 9.59 Å². The third-order valence-corrected chi connectivity index (χ3v) is 2.73. The number of amides is 2. The van der Waals surface area contributed by atoms with Crippen molar-refractivity contribution in [1.82, 2.24) is 10.6 Å². The minimum atomic E-state index is -0.457. The van der Waals surface area contributed by atoms with Crippen molar-refractivity contribution in [3.05, 3.63) is 24.3 Å². The molecule has 0 bridgehead atoms. The number of benzene rings is 1. The van der Waals surface area contributed by atoms with Gasteiger partial charge in [-0.3, -0.25) is 5.32 Å². The van der Waals surface area contributed by atoms with Crippen LogP contribution >= 0.6 is 11.8 Å². The molecular weight excluding hydrogens is 268 g/mol. The van der Waals surface area contributed by atoms with Gasteiger partial charge in [-0.2, -0.15) is 0 Å². The van der Waals surface area contributed by atoms with E-state index >= 15 is 0 Å². The van der Waals surface area contributed by atoms with Crippen molar-refractivity contribution >= 4 is 34.7 Å². The van der Waals surface area contributed by atoms with Gasteiger partial charge in [-0.05, 0) is 30.0 Å². The van der Waals surface area contributed by atoms with Gasteiger partial charge >= 0.3 is 11.3 Å². The lowest BCUT2D eigenvalue weighted by atomic mass is 10.3. The van der Waals surface area contributed by atoms with E-state index < -0.39 is 11.3 Å². The van der Waals surface area contributed by atoms with Crippen LogP contribution in [0.25, 0.3) is 0 Å². The summed E-state index contributed by atoms with van der Waals surface area (Å²) in [6.45, 7) is 0. The highest BCUT2D eigenvalue weighted by Gasteiger charge is 2.05. The second-order valence-corrected chi connectivity index (χ2v) is 4.26. The Kier molecular flexibility index (Phi) is 5.68. The number of hydrogen-bond acceptors (Lipinski definition) is 5. The maximum absolute atomic E-state index is 11.1. The molecule has 0 saturated heterocycles. The first-order valence-electron chi connectivity index (χ1n) is 5.24. The number of hydrogen-bond donors (Lipinski definition) is 3. The Morgan fingerprint density at radius 3 is 2.79 bits per heavy atom. The molecular formula is C11H14N4O3S.